The standard InChI is InChI=1S/C15H17N3.3ClH/c16-15-9-17-8-13-11-18(7-6-14(13)15)10-12-4-2-1-3-5-12;;;/h1-5,8-9H,6-7,10-11,16H2;3*1H. The van der Waals surface area contributed by atoms with E-state index in [0.717, 1.165) is 31.7 Å². The van der Waals surface area contributed by atoms with E-state index in [9.17, 15) is 0 Å². The van der Waals surface area contributed by atoms with Crippen molar-refractivity contribution in [3.05, 3.63) is 59.4 Å². The Kier molecular flexibility index (Phi) is 8.67. The maximum absolute atomic E-state index is 5.96. The van der Waals surface area contributed by atoms with E-state index in [0.29, 0.717) is 0 Å². The third-order valence-electron chi connectivity index (χ3n) is 3.50. The molecular formula is C15H20Cl3N3. The van der Waals surface area contributed by atoms with Crippen LogP contribution in [0.25, 0.3) is 0 Å². The molecule has 0 aliphatic carbocycles. The number of halogens is 3. The molecule has 1 aliphatic rings. The summed E-state index contributed by atoms with van der Waals surface area (Å²) >= 11 is 0. The lowest BCUT2D eigenvalue weighted by Gasteiger charge is -2.29. The molecule has 1 aliphatic heterocycles. The van der Waals surface area contributed by atoms with Crippen LogP contribution in [-0.2, 0) is 19.5 Å². The smallest absolute Gasteiger partial charge is 0.0536 e. The normalized spacial score (nSPS) is 13.1. The van der Waals surface area contributed by atoms with E-state index >= 15 is 0 Å². The molecular weight excluding hydrogens is 329 g/mol. The van der Waals surface area contributed by atoms with Gasteiger partial charge in [-0.2, -0.15) is 0 Å². The van der Waals surface area contributed by atoms with E-state index in [1.165, 1.54) is 16.7 Å². The largest absolute Gasteiger partial charge is 0.397 e. The number of rotatable bonds is 2. The fourth-order valence-corrected chi connectivity index (χ4v) is 2.56. The third kappa shape index (κ3) is 4.75. The molecule has 3 rings (SSSR count). The van der Waals surface area contributed by atoms with Crippen LogP contribution in [0.2, 0.25) is 0 Å². The molecule has 2 aromatic rings. The maximum Gasteiger partial charge on any atom is 0.0536 e. The van der Waals surface area contributed by atoms with Gasteiger partial charge in [-0.25, -0.2) is 0 Å². The van der Waals surface area contributed by atoms with Crippen LogP contribution >= 0.6 is 37.2 Å². The second kappa shape index (κ2) is 9.11. The second-order valence-electron chi connectivity index (χ2n) is 4.81. The maximum atomic E-state index is 5.96. The molecule has 1 aromatic carbocycles. The van der Waals surface area contributed by atoms with Crippen LogP contribution in [0.1, 0.15) is 16.7 Å². The molecule has 3 nitrogen and oxygen atoms in total. The first-order valence-corrected chi connectivity index (χ1v) is 6.30. The predicted octanol–water partition coefficient (Wildman–Crippen LogP) is 3.49. The van der Waals surface area contributed by atoms with Crippen molar-refractivity contribution in [3.8, 4) is 0 Å². The summed E-state index contributed by atoms with van der Waals surface area (Å²) in [4.78, 5) is 6.63. The summed E-state index contributed by atoms with van der Waals surface area (Å²) in [6.07, 6.45) is 4.73. The molecule has 0 atom stereocenters. The molecule has 1 aromatic heterocycles. The molecule has 0 amide bonds. The second-order valence-corrected chi connectivity index (χ2v) is 4.81. The van der Waals surface area contributed by atoms with Crippen LogP contribution in [0, 0.1) is 0 Å². The van der Waals surface area contributed by atoms with Crippen LogP contribution in [0.5, 0.6) is 0 Å². The van der Waals surface area contributed by atoms with Gasteiger partial charge in [0.2, 0.25) is 0 Å². The Morgan fingerprint density at radius 3 is 2.48 bits per heavy atom. The van der Waals surface area contributed by atoms with Gasteiger partial charge in [0.1, 0.15) is 0 Å². The van der Waals surface area contributed by atoms with Crippen molar-refractivity contribution in [1.82, 2.24) is 9.88 Å². The summed E-state index contributed by atoms with van der Waals surface area (Å²) in [6.45, 7) is 3.01. The lowest BCUT2D eigenvalue weighted by atomic mass is 10.00. The predicted molar refractivity (Wildman–Crippen MR) is 94.7 cm³/mol. The molecule has 2 heterocycles. The number of pyridine rings is 1. The van der Waals surface area contributed by atoms with Gasteiger partial charge in [0.25, 0.3) is 0 Å². The lowest BCUT2D eigenvalue weighted by molar-refractivity contribution is 0.245. The number of fused-ring (bicyclic) bond motifs is 1. The van der Waals surface area contributed by atoms with Gasteiger partial charge in [-0.05, 0) is 23.1 Å². The van der Waals surface area contributed by atoms with Gasteiger partial charge in [-0.15, -0.1) is 37.2 Å². The van der Waals surface area contributed by atoms with Crippen LogP contribution < -0.4 is 5.73 Å². The minimum Gasteiger partial charge on any atom is -0.397 e. The van der Waals surface area contributed by atoms with Crippen LogP contribution in [-0.4, -0.2) is 16.4 Å². The molecule has 21 heavy (non-hydrogen) atoms. The number of nitrogen functional groups attached to an aromatic ring is 1. The first kappa shape index (κ1) is 20.0. The highest BCUT2D eigenvalue weighted by Crippen LogP contribution is 2.23. The fraction of sp³-hybridized carbons (Fsp3) is 0.267. The molecule has 0 saturated heterocycles. The minimum atomic E-state index is 0. The fourth-order valence-electron chi connectivity index (χ4n) is 2.56. The van der Waals surface area contributed by atoms with E-state index in [-0.39, 0.29) is 37.2 Å². The van der Waals surface area contributed by atoms with Crippen molar-refractivity contribution >= 4 is 42.9 Å². The van der Waals surface area contributed by atoms with E-state index in [1.807, 2.05) is 6.20 Å². The average molecular weight is 349 g/mol. The molecule has 2 N–H and O–H groups in total. The van der Waals surface area contributed by atoms with E-state index in [1.54, 1.807) is 6.20 Å². The van der Waals surface area contributed by atoms with Gasteiger partial charge in [0, 0.05) is 25.8 Å². The number of nitrogens with zero attached hydrogens (tertiary/aromatic N) is 2. The molecule has 0 radical (unpaired) electrons. The SMILES string of the molecule is Cl.Cl.Cl.Nc1cncc2c1CCN(Cc1ccccc1)C2. The summed E-state index contributed by atoms with van der Waals surface area (Å²) in [7, 11) is 0. The highest BCUT2D eigenvalue weighted by atomic mass is 35.5. The summed E-state index contributed by atoms with van der Waals surface area (Å²) in [6, 6.07) is 10.6. The highest BCUT2D eigenvalue weighted by Gasteiger charge is 2.18. The van der Waals surface area contributed by atoms with Gasteiger partial charge >= 0.3 is 0 Å². The van der Waals surface area contributed by atoms with Crippen LogP contribution in [0.15, 0.2) is 42.7 Å². The Morgan fingerprint density at radius 2 is 1.76 bits per heavy atom. The monoisotopic (exact) mass is 347 g/mol. The first-order chi connectivity index (χ1) is 8.83. The highest BCUT2D eigenvalue weighted by molar-refractivity contribution is 5.86. The van der Waals surface area contributed by atoms with Gasteiger partial charge in [-0.1, -0.05) is 30.3 Å². The van der Waals surface area contributed by atoms with Crippen molar-refractivity contribution in [2.45, 2.75) is 19.5 Å². The number of anilines is 1. The van der Waals surface area contributed by atoms with Crippen molar-refractivity contribution < 1.29 is 0 Å². The summed E-state index contributed by atoms with van der Waals surface area (Å²) in [5, 5.41) is 0. The quantitative estimate of drug-likeness (QED) is 0.903. The Balaban J connectivity index is 0.00000133. The van der Waals surface area contributed by atoms with E-state index < -0.39 is 0 Å². The number of benzene rings is 1. The van der Waals surface area contributed by atoms with Crippen molar-refractivity contribution in [2.24, 2.45) is 0 Å². The van der Waals surface area contributed by atoms with Gasteiger partial charge in [-0.3, -0.25) is 9.88 Å². The van der Waals surface area contributed by atoms with Crippen LogP contribution in [0.4, 0.5) is 5.69 Å². The summed E-state index contributed by atoms with van der Waals surface area (Å²) in [5.74, 6) is 0. The molecule has 0 saturated carbocycles. The Morgan fingerprint density at radius 1 is 1.05 bits per heavy atom. The number of hydrogen-bond donors (Lipinski definition) is 1. The number of nitrogens with two attached hydrogens (primary N) is 1. The Labute approximate surface area is 144 Å². The summed E-state index contributed by atoms with van der Waals surface area (Å²) in [5.41, 5.74) is 10.7. The zero-order valence-corrected chi connectivity index (χ0v) is 14.0. The van der Waals surface area contributed by atoms with Gasteiger partial charge < -0.3 is 5.73 Å². The zero-order chi connectivity index (χ0) is 12.4. The number of hydrogen-bond acceptors (Lipinski definition) is 3. The zero-order valence-electron chi connectivity index (χ0n) is 11.6. The van der Waals surface area contributed by atoms with Crippen molar-refractivity contribution in [3.63, 3.8) is 0 Å². The molecule has 0 unspecified atom stereocenters. The van der Waals surface area contributed by atoms with Crippen molar-refractivity contribution in [2.75, 3.05) is 12.3 Å². The topological polar surface area (TPSA) is 42.1 Å². The average Bonchev–Trinajstić information content (AvgIpc) is 2.40. The third-order valence-corrected chi connectivity index (χ3v) is 3.50. The molecule has 0 spiro atoms. The Hall–Kier alpha value is -1.00. The summed E-state index contributed by atoms with van der Waals surface area (Å²) < 4.78 is 0. The molecule has 0 fully saturated rings. The van der Waals surface area contributed by atoms with E-state index in [4.69, 9.17) is 5.73 Å². The molecule has 6 heteroatoms. The van der Waals surface area contributed by atoms with Gasteiger partial charge in [0.15, 0.2) is 0 Å². The van der Waals surface area contributed by atoms with Gasteiger partial charge in [0.05, 0.1) is 11.9 Å². The molecule has 116 valence electrons. The number of aromatic nitrogens is 1. The van der Waals surface area contributed by atoms with E-state index in [2.05, 4.69) is 40.2 Å². The van der Waals surface area contributed by atoms with Crippen LogP contribution in [0.3, 0.4) is 0 Å². The Bertz CT molecular complexity index is 549. The molecule has 0 bridgehead atoms. The lowest BCUT2D eigenvalue weighted by Crippen LogP contribution is -2.30. The van der Waals surface area contributed by atoms with Crippen molar-refractivity contribution in [1.29, 1.82) is 0 Å². The minimum absolute atomic E-state index is 0. The first-order valence-electron chi connectivity index (χ1n) is 6.30.